The summed E-state index contributed by atoms with van der Waals surface area (Å²) in [6.07, 6.45) is 0.721. The summed E-state index contributed by atoms with van der Waals surface area (Å²) < 4.78 is 28.4. The maximum absolute atomic E-state index is 13.3. The van der Waals surface area contributed by atoms with Crippen LogP contribution in [0.1, 0.15) is 54.0 Å². The molecule has 0 unspecified atom stereocenters. The van der Waals surface area contributed by atoms with Crippen LogP contribution in [0.15, 0.2) is 6.07 Å². The Morgan fingerprint density at radius 1 is 1.45 bits per heavy atom. The molecule has 2 heterocycles. The van der Waals surface area contributed by atoms with E-state index < -0.39 is 5.92 Å². The monoisotopic (exact) mass is 298 g/mol. The minimum Gasteiger partial charge on any atom is -0.294 e. The van der Waals surface area contributed by atoms with Crippen LogP contribution in [0.2, 0.25) is 0 Å². The van der Waals surface area contributed by atoms with E-state index in [-0.39, 0.29) is 24.7 Å². The van der Waals surface area contributed by atoms with Gasteiger partial charge in [-0.25, -0.2) is 8.78 Å². The molecular formula is C14H16F2N2OS. The summed E-state index contributed by atoms with van der Waals surface area (Å²) in [5.74, 6) is -2.50. The second kappa shape index (κ2) is 4.62. The van der Waals surface area contributed by atoms with E-state index in [4.69, 9.17) is 0 Å². The van der Waals surface area contributed by atoms with Crippen LogP contribution >= 0.6 is 11.3 Å². The molecule has 0 bridgehead atoms. The molecule has 0 radical (unpaired) electrons. The van der Waals surface area contributed by atoms with Crippen molar-refractivity contribution in [3.05, 3.63) is 16.6 Å². The summed E-state index contributed by atoms with van der Waals surface area (Å²) in [5.41, 5.74) is 0.862. The Balaban J connectivity index is 1.97. The fourth-order valence-electron chi connectivity index (χ4n) is 2.76. The lowest BCUT2D eigenvalue weighted by Gasteiger charge is -2.28. The van der Waals surface area contributed by atoms with E-state index >= 15 is 0 Å². The summed E-state index contributed by atoms with van der Waals surface area (Å²) in [5, 5.41) is 5.46. The van der Waals surface area contributed by atoms with Crippen LogP contribution < -0.4 is 0 Å². The number of thiophene rings is 1. The summed E-state index contributed by atoms with van der Waals surface area (Å²) in [7, 11) is 0. The average molecular weight is 298 g/mol. The molecule has 108 valence electrons. The number of aryl methyl sites for hydroxylation is 1. The Hall–Kier alpha value is -1.30. The van der Waals surface area contributed by atoms with E-state index in [0.29, 0.717) is 17.7 Å². The molecule has 20 heavy (non-hydrogen) atoms. The predicted molar refractivity (Wildman–Crippen MR) is 74.8 cm³/mol. The summed E-state index contributed by atoms with van der Waals surface area (Å²) in [4.78, 5) is 13.1. The first-order valence-electron chi connectivity index (χ1n) is 6.75. The molecule has 6 heteroatoms. The third-order valence-corrected chi connectivity index (χ3v) is 5.17. The van der Waals surface area contributed by atoms with E-state index in [9.17, 15) is 13.6 Å². The molecule has 1 saturated carbocycles. The van der Waals surface area contributed by atoms with Crippen LogP contribution in [0.4, 0.5) is 8.78 Å². The van der Waals surface area contributed by atoms with Gasteiger partial charge in [0.05, 0.1) is 16.6 Å². The molecular weight excluding hydrogens is 282 g/mol. The number of hydrogen-bond donors (Lipinski definition) is 0. The second-order valence-corrected chi connectivity index (χ2v) is 6.53. The van der Waals surface area contributed by atoms with Crippen molar-refractivity contribution >= 4 is 27.3 Å². The molecule has 3 nitrogen and oxygen atoms in total. The van der Waals surface area contributed by atoms with Gasteiger partial charge in [-0.1, -0.05) is 0 Å². The molecule has 0 aromatic carbocycles. The quantitative estimate of drug-likeness (QED) is 0.772. The first-order valence-corrected chi connectivity index (χ1v) is 7.56. The van der Waals surface area contributed by atoms with Gasteiger partial charge in [-0.05, 0) is 32.8 Å². The molecule has 1 aliphatic rings. The number of rotatable bonds is 2. The van der Waals surface area contributed by atoms with Crippen molar-refractivity contribution in [1.82, 2.24) is 9.78 Å². The van der Waals surface area contributed by atoms with Gasteiger partial charge in [0.25, 0.3) is 0 Å². The van der Waals surface area contributed by atoms with Gasteiger partial charge < -0.3 is 0 Å². The van der Waals surface area contributed by atoms with Gasteiger partial charge >= 0.3 is 0 Å². The molecule has 1 fully saturated rings. The van der Waals surface area contributed by atoms with Crippen LogP contribution in [0.3, 0.4) is 0 Å². The van der Waals surface area contributed by atoms with Crippen molar-refractivity contribution in [2.24, 2.45) is 0 Å². The molecule has 1 aliphatic carbocycles. The third-order valence-electron chi connectivity index (χ3n) is 3.95. The molecule has 0 amide bonds. The molecule has 0 saturated heterocycles. The summed E-state index contributed by atoms with van der Waals surface area (Å²) in [6.45, 7) is 3.44. The average Bonchev–Trinajstić information content (AvgIpc) is 2.91. The molecule has 0 spiro atoms. The number of Topliss-reactive ketones (excluding diaryl/α,β-unsaturated/α-hetero) is 1. The zero-order chi connectivity index (χ0) is 14.5. The number of halogens is 2. The third kappa shape index (κ3) is 2.26. The van der Waals surface area contributed by atoms with E-state index in [1.54, 1.807) is 6.92 Å². The van der Waals surface area contributed by atoms with Crippen LogP contribution in [0, 0.1) is 6.92 Å². The fourth-order valence-corrected chi connectivity index (χ4v) is 3.89. The maximum atomic E-state index is 13.3. The van der Waals surface area contributed by atoms with Crippen molar-refractivity contribution in [3.8, 4) is 0 Å². The van der Waals surface area contributed by atoms with Crippen LogP contribution in [-0.2, 0) is 0 Å². The minimum atomic E-state index is -2.53. The van der Waals surface area contributed by atoms with Crippen molar-refractivity contribution < 1.29 is 13.6 Å². The Labute approximate surface area is 119 Å². The van der Waals surface area contributed by atoms with E-state index in [2.05, 4.69) is 5.10 Å². The van der Waals surface area contributed by atoms with Gasteiger partial charge in [0, 0.05) is 18.2 Å². The standard InChI is InChI=1S/C14H16F2N2OS/c1-8-11-7-12(9(2)19)20-13(11)18(17-8)10-3-5-14(15,16)6-4-10/h7,10H,3-6H2,1-2H3. The summed E-state index contributed by atoms with van der Waals surface area (Å²) in [6, 6.07) is 1.88. The lowest BCUT2D eigenvalue weighted by atomic mass is 9.92. The molecule has 2 aromatic rings. The number of fused-ring (bicyclic) bond motifs is 1. The van der Waals surface area contributed by atoms with Gasteiger partial charge in [0.1, 0.15) is 4.83 Å². The normalized spacial score (nSPS) is 19.6. The van der Waals surface area contributed by atoms with E-state index in [0.717, 1.165) is 15.9 Å². The molecule has 3 rings (SSSR count). The van der Waals surface area contributed by atoms with Gasteiger partial charge in [0.2, 0.25) is 5.92 Å². The largest absolute Gasteiger partial charge is 0.294 e. The zero-order valence-electron chi connectivity index (χ0n) is 11.4. The number of hydrogen-bond acceptors (Lipinski definition) is 3. The SMILES string of the molecule is CC(=O)c1cc2c(C)nn(C3CCC(F)(F)CC3)c2s1. The van der Waals surface area contributed by atoms with Crippen molar-refractivity contribution in [3.63, 3.8) is 0 Å². The van der Waals surface area contributed by atoms with Crippen molar-refractivity contribution in [1.29, 1.82) is 0 Å². The highest BCUT2D eigenvalue weighted by Crippen LogP contribution is 2.40. The van der Waals surface area contributed by atoms with Crippen LogP contribution in [-0.4, -0.2) is 21.5 Å². The highest BCUT2D eigenvalue weighted by Gasteiger charge is 2.36. The Morgan fingerprint density at radius 3 is 2.70 bits per heavy atom. The lowest BCUT2D eigenvalue weighted by molar-refractivity contribution is -0.0445. The topological polar surface area (TPSA) is 34.9 Å². The van der Waals surface area contributed by atoms with Crippen LogP contribution in [0.25, 0.3) is 10.2 Å². The molecule has 0 aliphatic heterocycles. The Bertz CT molecular complexity index is 664. The minimum absolute atomic E-state index is 0.0179. The molecule has 2 aromatic heterocycles. The van der Waals surface area contributed by atoms with E-state index in [1.165, 1.54) is 11.3 Å². The van der Waals surface area contributed by atoms with Crippen LogP contribution in [0.5, 0.6) is 0 Å². The number of carbonyl (C=O) groups excluding carboxylic acids is 1. The van der Waals surface area contributed by atoms with Gasteiger partial charge in [-0.15, -0.1) is 11.3 Å². The van der Waals surface area contributed by atoms with Gasteiger partial charge in [-0.3, -0.25) is 9.48 Å². The number of aromatic nitrogens is 2. The Kier molecular flexibility index (Phi) is 3.16. The first-order chi connectivity index (χ1) is 9.37. The zero-order valence-corrected chi connectivity index (χ0v) is 12.3. The van der Waals surface area contributed by atoms with Crippen molar-refractivity contribution in [2.45, 2.75) is 51.5 Å². The summed E-state index contributed by atoms with van der Waals surface area (Å²) >= 11 is 1.41. The number of alkyl halides is 2. The lowest BCUT2D eigenvalue weighted by Crippen LogP contribution is -2.26. The predicted octanol–water partition coefficient (Wildman–Crippen LogP) is 4.36. The molecule has 0 atom stereocenters. The number of nitrogens with zero attached hydrogens (tertiary/aromatic N) is 2. The highest BCUT2D eigenvalue weighted by molar-refractivity contribution is 7.20. The van der Waals surface area contributed by atoms with Crippen molar-refractivity contribution in [2.75, 3.05) is 0 Å². The number of ketones is 1. The smallest absolute Gasteiger partial charge is 0.248 e. The molecule has 0 N–H and O–H groups in total. The van der Waals surface area contributed by atoms with Gasteiger partial charge in [0.15, 0.2) is 5.78 Å². The fraction of sp³-hybridized carbons (Fsp3) is 0.571. The number of carbonyl (C=O) groups is 1. The maximum Gasteiger partial charge on any atom is 0.248 e. The van der Waals surface area contributed by atoms with E-state index in [1.807, 2.05) is 17.7 Å². The first kappa shape index (κ1) is 13.7. The highest BCUT2D eigenvalue weighted by atomic mass is 32.1. The Morgan fingerprint density at radius 2 is 2.10 bits per heavy atom. The van der Waals surface area contributed by atoms with Gasteiger partial charge in [-0.2, -0.15) is 5.10 Å². The second-order valence-electron chi connectivity index (χ2n) is 5.50.